The first-order chi connectivity index (χ1) is 15.7. The van der Waals surface area contributed by atoms with Crippen LogP contribution in [0.15, 0.2) is 58.6 Å². The van der Waals surface area contributed by atoms with Gasteiger partial charge in [-0.1, -0.05) is 36.4 Å². The Bertz CT molecular complexity index is 1250. The number of carbonyl (C=O) groups excluding carboxylic acids is 1. The van der Waals surface area contributed by atoms with Crippen molar-refractivity contribution in [3.8, 4) is 0 Å². The summed E-state index contributed by atoms with van der Waals surface area (Å²) < 4.78 is 47.7. The largest absolute Gasteiger partial charge is 0.436 e. The van der Waals surface area contributed by atoms with Crippen LogP contribution in [-0.2, 0) is 4.79 Å². The molecule has 1 aromatic heterocycles. The highest BCUT2D eigenvalue weighted by Crippen LogP contribution is 2.42. The zero-order valence-corrected chi connectivity index (χ0v) is 18.1. The number of aromatic nitrogens is 1. The van der Waals surface area contributed by atoms with Gasteiger partial charge in [0.15, 0.2) is 5.58 Å². The summed E-state index contributed by atoms with van der Waals surface area (Å²) >= 11 is 0. The molecule has 2 aliphatic heterocycles. The lowest BCUT2D eigenvalue weighted by Gasteiger charge is -2.34. The Balaban J connectivity index is 1.58. The standard InChI is InChI=1S/C23H22F3N5O2/c1-12-16(21-28-18-14(30(2)3)10-7-11-15(18)33-21)22(32)31-20(27-12)17(13-8-5-4-6-9-13)19(29-31)23(24,25)26/h4-11,17,19-20,27,29H,1-3H3. The van der Waals surface area contributed by atoms with Crippen LogP contribution < -0.4 is 15.6 Å². The molecule has 2 aliphatic rings. The average molecular weight is 457 g/mol. The second kappa shape index (κ2) is 7.51. The molecular weight excluding hydrogens is 435 g/mol. The van der Waals surface area contributed by atoms with Crippen molar-refractivity contribution in [2.24, 2.45) is 0 Å². The van der Waals surface area contributed by atoms with E-state index in [1.807, 2.05) is 31.1 Å². The van der Waals surface area contributed by atoms with Gasteiger partial charge in [0.05, 0.1) is 11.6 Å². The number of oxazole rings is 1. The minimum absolute atomic E-state index is 0.0567. The molecule has 1 saturated heterocycles. The Morgan fingerprint density at radius 3 is 2.48 bits per heavy atom. The van der Waals surface area contributed by atoms with Crippen molar-refractivity contribution >= 4 is 28.3 Å². The Morgan fingerprint density at radius 1 is 1.09 bits per heavy atom. The van der Waals surface area contributed by atoms with Crippen molar-refractivity contribution in [3.63, 3.8) is 0 Å². The molecule has 1 fully saturated rings. The summed E-state index contributed by atoms with van der Waals surface area (Å²) in [4.78, 5) is 19.8. The quantitative estimate of drug-likeness (QED) is 0.626. The maximum Gasteiger partial charge on any atom is 0.406 e. The monoisotopic (exact) mass is 457 g/mol. The van der Waals surface area contributed by atoms with E-state index in [2.05, 4.69) is 15.7 Å². The molecule has 0 bridgehead atoms. The number of alkyl halides is 3. The van der Waals surface area contributed by atoms with E-state index in [0.29, 0.717) is 22.4 Å². The molecule has 0 spiro atoms. The van der Waals surface area contributed by atoms with Crippen molar-refractivity contribution < 1.29 is 22.4 Å². The number of hydrogen-bond acceptors (Lipinski definition) is 6. The number of hydrazine groups is 1. The van der Waals surface area contributed by atoms with Gasteiger partial charge in [0.25, 0.3) is 5.91 Å². The van der Waals surface area contributed by atoms with E-state index in [4.69, 9.17) is 4.42 Å². The Hall–Kier alpha value is -3.53. The Morgan fingerprint density at radius 2 is 1.82 bits per heavy atom. The number of anilines is 1. The highest BCUT2D eigenvalue weighted by molar-refractivity contribution is 6.20. The fourth-order valence-corrected chi connectivity index (χ4v) is 4.55. The van der Waals surface area contributed by atoms with Crippen LogP contribution in [0.3, 0.4) is 0 Å². The molecule has 0 aliphatic carbocycles. The molecule has 1 amide bonds. The summed E-state index contributed by atoms with van der Waals surface area (Å²) in [5, 5.41) is 4.12. The van der Waals surface area contributed by atoms with E-state index < -0.39 is 30.2 Å². The van der Waals surface area contributed by atoms with Gasteiger partial charge in [0.2, 0.25) is 5.89 Å². The van der Waals surface area contributed by atoms with Crippen molar-refractivity contribution in [1.29, 1.82) is 0 Å². The lowest BCUT2D eigenvalue weighted by atomic mass is 9.89. The number of para-hydroxylation sites is 1. The van der Waals surface area contributed by atoms with Crippen LogP contribution in [0.1, 0.15) is 24.3 Å². The van der Waals surface area contributed by atoms with E-state index in [9.17, 15) is 18.0 Å². The zero-order chi connectivity index (χ0) is 23.5. The van der Waals surface area contributed by atoms with Gasteiger partial charge in [-0.05, 0) is 24.6 Å². The van der Waals surface area contributed by atoms with E-state index in [1.165, 1.54) is 0 Å². The first-order valence-electron chi connectivity index (χ1n) is 10.4. The summed E-state index contributed by atoms with van der Waals surface area (Å²) in [5.41, 5.74) is 5.23. The van der Waals surface area contributed by atoms with E-state index >= 15 is 0 Å². The molecule has 0 saturated carbocycles. The van der Waals surface area contributed by atoms with Crippen molar-refractivity contribution in [1.82, 2.24) is 20.7 Å². The molecule has 3 aromatic rings. The van der Waals surface area contributed by atoms with Crippen LogP contribution >= 0.6 is 0 Å². The number of amides is 1. The minimum atomic E-state index is -4.56. The van der Waals surface area contributed by atoms with E-state index in [0.717, 1.165) is 10.7 Å². The van der Waals surface area contributed by atoms with E-state index in [-0.39, 0.29) is 11.5 Å². The molecule has 0 radical (unpaired) electrons. The van der Waals surface area contributed by atoms with Gasteiger partial charge in [-0.15, -0.1) is 0 Å². The molecule has 5 rings (SSSR count). The molecule has 3 unspecified atom stereocenters. The van der Waals surface area contributed by atoms with Gasteiger partial charge >= 0.3 is 6.18 Å². The first-order valence-corrected chi connectivity index (χ1v) is 10.4. The van der Waals surface area contributed by atoms with Gasteiger partial charge in [-0.3, -0.25) is 4.79 Å². The predicted octanol–water partition coefficient (Wildman–Crippen LogP) is 3.62. The summed E-state index contributed by atoms with van der Waals surface area (Å²) in [7, 11) is 3.72. The normalized spacial score (nSPS) is 23.2. The Kier molecular flexibility index (Phi) is 4.86. The number of halogens is 3. The second-order valence-electron chi connectivity index (χ2n) is 8.39. The van der Waals surface area contributed by atoms with Crippen LogP contribution in [0.5, 0.6) is 0 Å². The summed E-state index contributed by atoms with van der Waals surface area (Å²) in [5.74, 6) is -1.60. The van der Waals surface area contributed by atoms with Gasteiger partial charge in [0.1, 0.15) is 23.3 Å². The highest BCUT2D eigenvalue weighted by Gasteiger charge is 2.58. The second-order valence-corrected chi connectivity index (χ2v) is 8.39. The summed E-state index contributed by atoms with van der Waals surface area (Å²) in [6.45, 7) is 1.65. The lowest BCUT2D eigenvalue weighted by Crippen LogP contribution is -2.54. The molecule has 3 atom stereocenters. The third-order valence-corrected chi connectivity index (χ3v) is 6.06. The molecule has 172 valence electrons. The number of fused-ring (bicyclic) bond motifs is 2. The van der Waals surface area contributed by atoms with Crippen LogP contribution in [0.4, 0.5) is 18.9 Å². The number of carbonyl (C=O) groups is 1. The predicted molar refractivity (Wildman–Crippen MR) is 117 cm³/mol. The van der Waals surface area contributed by atoms with Crippen LogP contribution in [0.2, 0.25) is 0 Å². The smallest absolute Gasteiger partial charge is 0.406 e. The number of benzene rings is 2. The van der Waals surface area contributed by atoms with Crippen molar-refractivity contribution in [3.05, 3.63) is 65.7 Å². The van der Waals surface area contributed by atoms with Gasteiger partial charge < -0.3 is 14.6 Å². The third-order valence-electron chi connectivity index (χ3n) is 6.06. The maximum absolute atomic E-state index is 14.0. The molecule has 2 N–H and O–H groups in total. The van der Waals surface area contributed by atoms with Gasteiger partial charge in [-0.2, -0.15) is 13.2 Å². The van der Waals surface area contributed by atoms with Crippen LogP contribution in [-0.4, -0.2) is 48.4 Å². The van der Waals surface area contributed by atoms with E-state index in [1.54, 1.807) is 43.3 Å². The fraction of sp³-hybridized carbons (Fsp3) is 0.304. The lowest BCUT2D eigenvalue weighted by molar-refractivity contribution is -0.161. The number of allylic oxidation sites excluding steroid dienone is 1. The molecule has 10 heteroatoms. The molecular formula is C23H22F3N5O2. The topological polar surface area (TPSA) is 73.6 Å². The summed E-state index contributed by atoms with van der Waals surface area (Å²) in [6, 6.07) is 11.9. The van der Waals surface area contributed by atoms with Gasteiger partial charge in [0, 0.05) is 19.8 Å². The third kappa shape index (κ3) is 3.41. The molecule has 7 nitrogen and oxygen atoms in total. The van der Waals surface area contributed by atoms with Crippen LogP contribution in [0, 0.1) is 0 Å². The zero-order valence-electron chi connectivity index (χ0n) is 18.1. The summed E-state index contributed by atoms with van der Waals surface area (Å²) in [6.07, 6.45) is -5.48. The molecule has 3 heterocycles. The van der Waals surface area contributed by atoms with Crippen molar-refractivity contribution in [2.75, 3.05) is 19.0 Å². The number of nitrogens with zero attached hydrogens (tertiary/aromatic N) is 3. The highest BCUT2D eigenvalue weighted by atomic mass is 19.4. The van der Waals surface area contributed by atoms with Crippen molar-refractivity contribution in [2.45, 2.75) is 31.2 Å². The number of nitrogens with one attached hydrogen (secondary N) is 2. The minimum Gasteiger partial charge on any atom is -0.436 e. The fourth-order valence-electron chi connectivity index (χ4n) is 4.55. The maximum atomic E-state index is 14.0. The first kappa shape index (κ1) is 21.3. The Labute approximate surface area is 187 Å². The molecule has 33 heavy (non-hydrogen) atoms. The van der Waals surface area contributed by atoms with Crippen LogP contribution in [0.25, 0.3) is 16.7 Å². The molecule has 2 aromatic carbocycles. The van der Waals surface area contributed by atoms with Gasteiger partial charge in [-0.25, -0.2) is 15.4 Å². The average Bonchev–Trinajstić information content (AvgIpc) is 3.35. The SMILES string of the molecule is CC1=C(c2nc3c(N(C)C)cccc3o2)C(=O)N2NC(C(F)(F)F)C(c3ccccc3)C2N1. The number of hydrogen-bond donors (Lipinski definition) is 2. The number of rotatable bonds is 3.